The predicted octanol–water partition coefficient (Wildman–Crippen LogP) is 2.63. The smallest absolute Gasteiger partial charge is 0.191 e. The van der Waals surface area contributed by atoms with E-state index in [1.165, 1.54) is 6.26 Å². The summed E-state index contributed by atoms with van der Waals surface area (Å²) >= 11 is 5.90. The Morgan fingerprint density at radius 1 is 1.33 bits per heavy atom. The number of nitrogens with zero attached hydrogens (tertiary/aromatic N) is 3. The molecule has 0 aliphatic carbocycles. The zero-order valence-corrected chi connectivity index (χ0v) is 19.4. The van der Waals surface area contributed by atoms with E-state index in [-0.39, 0.29) is 35.8 Å². The molecule has 27 heavy (non-hydrogen) atoms. The van der Waals surface area contributed by atoms with Gasteiger partial charge in [-0.05, 0) is 37.6 Å². The van der Waals surface area contributed by atoms with Gasteiger partial charge < -0.3 is 10.6 Å². The van der Waals surface area contributed by atoms with Gasteiger partial charge in [-0.15, -0.1) is 24.0 Å². The summed E-state index contributed by atoms with van der Waals surface area (Å²) in [7, 11) is -1.29. The molecule has 0 spiro atoms. The Balaban J connectivity index is 0.00000364. The van der Waals surface area contributed by atoms with Gasteiger partial charge in [0.25, 0.3) is 0 Å². The van der Waals surface area contributed by atoms with E-state index < -0.39 is 9.84 Å². The number of aromatic nitrogens is 2. The van der Waals surface area contributed by atoms with Gasteiger partial charge in [-0.3, -0.25) is 4.99 Å². The lowest BCUT2D eigenvalue weighted by molar-refractivity contribution is 0.581. The molecule has 10 heteroatoms. The predicted molar refractivity (Wildman–Crippen MR) is 121 cm³/mol. The monoisotopic (exact) mass is 525 g/mol. The Labute approximate surface area is 182 Å². The van der Waals surface area contributed by atoms with Crippen LogP contribution in [-0.4, -0.2) is 49.3 Å². The standard InChI is InChI=1S/C17H24ClN5O2S.HI/c1-13(8-9-26(3,24)25)22-17(19-2)20-10-14-11-21-23(12-14)16-6-4-15(18)5-7-16;/h4-7,11-13H,8-10H2,1-3H3,(H2,19,20,22);1H. The fraction of sp³-hybridized carbons (Fsp3) is 0.412. The Hall–Kier alpha value is -1.33. The van der Waals surface area contributed by atoms with E-state index in [1.54, 1.807) is 17.9 Å². The number of hydrogen-bond donors (Lipinski definition) is 2. The van der Waals surface area contributed by atoms with Gasteiger partial charge >= 0.3 is 0 Å². The second-order valence-corrected chi connectivity index (χ2v) is 8.86. The summed E-state index contributed by atoms with van der Waals surface area (Å²) in [5.74, 6) is 0.761. The molecule has 2 N–H and O–H groups in total. The average molecular weight is 526 g/mol. The molecule has 7 nitrogen and oxygen atoms in total. The molecule has 0 bridgehead atoms. The van der Waals surface area contributed by atoms with Gasteiger partial charge in [0.1, 0.15) is 9.84 Å². The maximum Gasteiger partial charge on any atom is 0.191 e. The first-order chi connectivity index (χ1) is 12.3. The second-order valence-electron chi connectivity index (χ2n) is 6.16. The molecular formula is C17H25ClIN5O2S. The van der Waals surface area contributed by atoms with Gasteiger partial charge in [0.15, 0.2) is 5.96 Å². The zero-order chi connectivity index (χ0) is 19.2. The molecule has 1 unspecified atom stereocenters. The molecule has 1 aromatic carbocycles. The van der Waals surface area contributed by atoms with E-state index in [9.17, 15) is 8.42 Å². The molecule has 150 valence electrons. The summed E-state index contributed by atoms with van der Waals surface area (Å²) in [4.78, 5) is 4.17. The van der Waals surface area contributed by atoms with Crippen LogP contribution in [0, 0.1) is 0 Å². The number of hydrogen-bond acceptors (Lipinski definition) is 4. The van der Waals surface area contributed by atoms with E-state index in [1.807, 2.05) is 37.4 Å². The Morgan fingerprint density at radius 2 is 2.00 bits per heavy atom. The molecule has 0 amide bonds. The van der Waals surface area contributed by atoms with E-state index in [0.717, 1.165) is 11.3 Å². The largest absolute Gasteiger partial charge is 0.354 e. The van der Waals surface area contributed by atoms with Crippen LogP contribution < -0.4 is 10.6 Å². The maximum absolute atomic E-state index is 11.2. The van der Waals surface area contributed by atoms with Crippen molar-refractivity contribution in [2.24, 2.45) is 4.99 Å². The van der Waals surface area contributed by atoms with Gasteiger partial charge in [-0.2, -0.15) is 5.10 Å². The highest BCUT2D eigenvalue weighted by molar-refractivity contribution is 14.0. The first kappa shape index (κ1) is 23.7. The van der Waals surface area contributed by atoms with Crippen LogP contribution in [0.3, 0.4) is 0 Å². The van der Waals surface area contributed by atoms with Gasteiger partial charge in [-0.1, -0.05) is 11.6 Å². The lowest BCUT2D eigenvalue weighted by atomic mass is 10.3. The van der Waals surface area contributed by atoms with Crippen LogP contribution in [-0.2, 0) is 16.4 Å². The fourth-order valence-electron chi connectivity index (χ4n) is 2.26. The van der Waals surface area contributed by atoms with Crippen molar-refractivity contribution < 1.29 is 8.42 Å². The normalized spacial score (nSPS) is 13.0. The van der Waals surface area contributed by atoms with E-state index >= 15 is 0 Å². The Kier molecular flexibility index (Phi) is 9.54. The van der Waals surface area contributed by atoms with Crippen LogP contribution in [0.2, 0.25) is 5.02 Å². The molecule has 1 aromatic heterocycles. The molecule has 1 heterocycles. The number of halogens is 2. The Morgan fingerprint density at radius 3 is 2.59 bits per heavy atom. The minimum atomic E-state index is -2.96. The quantitative estimate of drug-likeness (QED) is 0.330. The molecule has 0 saturated heterocycles. The molecule has 2 rings (SSSR count). The number of rotatable bonds is 7. The van der Waals surface area contributed by atoms with Crippen LogP contribution in [0.25, 0.3) is 5.69 Å². The van der Waals surface area contributed by atoms with Gasteiger partial charge in [0.05, 0.1) is 17.6 Å². The van der Waals surface area contributed by atoms with Crippen molar-refractivity contribution in [2.75, 3.05) is 19.1 Å². The summed E-state index contributed by atoms with van der Waals surface area (Å²) in [6.45, 7) is 2.47. The Bertz CT molecular complexity index is 852. The molecule has 0 saturated carbocycles. The highest BCUT2D eigenvalue weighted by atomic mass is 127. The number of aliphatic imine (C=N–C) groups is 1. The van der Waals surface area contributed by atoms with Crippen molar-refractivity contribution >= 4 is 51.4 Å². The molecule has 0 radical (unpaired) electrons. The zero-order valence-electron chi connectivity index (χ0n) is 15.5. The van der Waals surface area contributed by atoms with Crippen molar-refractivity contribution in [1.29, 1.82) is 0 Å². The van der Waals surface area contributed by atoms with Crippen molar-refractivity contribution in [3.05, 3.63) is 47.2 Å². The first-order valence-electron chi connectivity index (χ1n) is 8.21. The third-order valence-corrected chi connectivity index (χ3v) is 4.94. The lowest BCUT2D eigenvalue weighted by Crippen LogP contribution is -2.42. The SMILES string of the molecule is CN=C(NCc1cnn(-c2ccc(Cl)cc2)c1)NC(C)CCS(C)(=O)=O.I. The van der Waals surface area contributed by atoms with Crippen LogP contribution in [0.5, 0.6) is 0 Å². The third-order valence-electron chi connectivity index (χ3n) is 3.72. The highest BCUT2D eigenvalue weighted by Gasteiger charge is 2.10. The summed E-state index contributed by atoms with van der Waals surface area (Å²) in [5, 5.41) is 11.4. The molecular weight excluding hydrogens is 501 g/mol. The van der Waals surface area contributed by atoms with Gasteiger partial charge in [-0.25, -0.2) is 13.1 Å². The highest BCUT2D eigenvalue weighted by Crippen LogP contribution is 2.13. The van der Waals surface area contributed by atoms with E-state index in [2.05, 4.69) is 20.7 Å². The third kappa shape index (κ3) is 8.48. The lowest BCUT2D eigenvalue weighted by Gasteiger charge is -2.17. The van der Waals surface area contributed by atoms with Crippen LogP contribution >= 0.6 is 35.6 Å². The molecule has 0 fully saturated rings. The minimum Gasteiger partial charge on any atom is -0.354 e. The minimum absolute atomic E-state index is 0. The van der Waals surface area contributed by atoms with E-state index in [4.69, 9.17) is 11.6 Å². The van der Waals surface area contributed by atoms with Crippen molar-refractivity contribution in [1.82, 2.24) is 20.4 Å². The van der Waals surface area contributed by atoms with Gasteiger partial charge in [0.2, 0.25) is 0 Å². The first-order valence-corrected chi connectivity index (χ1v) is 10.6. The topological polar surface area (TPSA) is 88.4 Å². The summed E-state index contributed by atoms with van der Waals surface area (Å²) in [6.07, 6.45) is 5.47. The number of sulfone groups is 1. The summed E-state index contributed by atoms with van der Waals surface area (Å²) in [6, 6.07) is 7.43. The van der Waals surface area contributed by atoms with Gasteiger partial charge in [0, 0.05) is 42.7 Å². The van der Waals surface area contributed by atoms with Crippen molar-refractivity contribution in [3.8, 4) is 5.69 Å². The number of nitrogens with one attached hydrogen (secondary N) is 2. The average Bonchev–Trinajstić information content (AvgIpc) is 3.05. The maximum atomic E-state index is 11.2. The fourth-order valence-corrected chi connectivity index (χ4v) is 3.17. The summed E-state index contributed by atoms with van der Waals surface area (Å²) in [5.41, 5.74) is 1.92. The van der Waals surface area contributed by atoms with Crippen LogP contribution in [0.4, 0.5) is 0 Å². The molecule has 2 aromatic rings. The number of guanidine groups is 1. The van der Waals surface area contributed by atoms with Crippen LogP contribution in [0.1, 0.15) is 18.9 Å². The molecule has 1 atom stereocenters. The number of benzene rings is 1. The second kappa shape index (κ2) is 10.9. The summed E-state index contributed by atoms with van der Waals surface area (Å²) < 4.78 is 24.3. The van der Waals surface area contributed by atoms with Crippen molar-refractivity contribution in [3.63, 3.8) is 0 Å². The van der Waals surface area contributed by atoms with E-state index in [0.29, 0.717) is 23.9 Å². The van der Waals surface area contributed by atoms with Crippen LogP contribution in [0.15, 0.2) is 41.7 Å². The molecule has 0 aliphatic heterocycles. The van der Waals surface area contributed by atoms with Crippen molar-refractivity contribution in [2.45, 2.75) is 25.9 Å². The molecule has 0 aliphatic rings.